The molecule has 1 aliphatic rings. The number of carboxylic acid groups (broad SMARTS) is 1. The third-order valence-electron chi connectivity index (χ3n) is 7.61. The Labute approximate surface area is 247 Å². The van der Waals surface area contributed by atoms with E-state index in [4.69, 9.17) is 9.47 Å². The maximum Gasteiger partial charge on any atom is 0.337 e. The number of anilines is 1. The minimum absolute atomic E-state index is 0.165. The minimum Gasteiger partial charge on any atom is -0.493 e. The van der Waals surface area contributed by atoms with E-state index in [9.17, 15) is 19.6 Å². The molecule has 42 heavy (non-hydrogen) atoms. The van der Waals surface area contributed by atoms with Crippen LogP contribution in [0.15, 0.2) is 48.5 Å². The molecule has 8 heteroatoms. The molecule has 0 unspecified atom stereocenters. The van der Waals surface area contributed by atoms with Gasteiger partial charge in [0.2, 0.25) is 0 Å². The Kier molecular flexibility index (Phi) is 9.22. The van der Waals surface area contributed by atoms with Crippen LogP contribution in [0.1, 0.15) is 76.1 Å². The summed E-state index contributed by atoms with van der Waals surface area (Å²) in [5.41, 5.74) is 3.63. The normalized spacial score (nSPS) is 15.6. The quantitative estimate of drug-likeness (QED) is 0.288. The highest BCUT2D eigenvalue weighted by atomic mass is 19.1. The lowest BCUT2D eigenvalue weighted by molar-refractivity contribution is -0.160. The maximum absolute atomic E-state index is 13.2. The number of aromatic nitrogens is 1. The lowest BCUT2D eigenvalue weighted by Gasteiger charge is -2.41. The Morgan fingerprint density at radius 3 is 2.29 bits per heavy atom. The molecule has 7 nitrogen and oxygen atoms in total. The molecule has 1 saturated heterocycles. The molecular weight excluding hydrogens is 533 g/mol. The molecule has 1 fully saturated rings. The standard InChI is InChI=1S/C34H40FN3O4/c1-22-28(31(32(39)40)42-33(2,3)4)30(38-18-16-34(5,6)17-19-38)29(27(21-36)37-22)24-9-13-26(14-10-24)41-20-15-23-7-11-25(35)12-8-23/h7-14,31H,15-20H2,1-6H3,(H,39,40)/t31-/m0/s1. The second-order valence-electron chi connectivity index (χ2n) is 12.6. The van der Waals surface area contributed by atoms with Crippen LogP contribution in [0.4, 0.5) is 10.1 Å². The first-order chi connectivity index (χ1) is 19.8. The number of pyridine rings is 1. The second-order valence-corrected chi connectivity index (χ2v) is 12.6. The summed E-state index contributed by atoms with van der Waals surface area (Å²) in [5, 5.41) is 20.6. The molecule has 3 aromatic rings. The average molecular weight is 574 g/mol. The lowest BCUT2D eigenvalue weighted by Crippen LogP contribution is -2.39. The third kappa shape index (κ3) is 7.46. The van der Waals surface area contributed by atoms with Crippen LogP contribution in [0, 0.1) is 29.5 Å². The molecule has 1 aliphatic heterocycles. The summed E-state index contributed by atoms with van der Waals surface area (Å²) in [6.07, 6.45) is 1.22. The molecule has 4 rings (SSSR count). The first kappa shape index (κ1) is 31.0. The average Bonchev–Trinajstić information content (AvgIpc) is 2.92. The molecule has 0 saturated carbocycles. The van der Waals surface area contributed by atoms with E-state index in [0.717, 1.165) is 24.0 Å². The number of halogens is 1. The van der Waals surface area contributed by atoms with Crippen LogP contribution in [-0.2, 0) is 16.0 Å². The number of carbonyl (C=O) groups is 1. The molecule has 0 bridgehead atoms. The van der Waals surface area contributed by atoms with E-state index in [2.05, 4.69) is 29.8 Å². The molecule has 2 aromatic carbocycles. The molecule has 1 aromatic heterocycles. The number of carboxylic acids is 1. The molecule has 2 heterocycles. The summed E-state index contributed by atoms with van der Waals surface area (Å²) in [5.74, 6) is -0.720. The molecule has 0 radical (unpaired) electrons. The van der Waals surface area contributed by atoms with Crippen LogP contribution < -0.4 is 9.64 Å². The first-order valence-electron chi connectivity index (χ1n) is 14.4. The summed E-state index contributed by atoms with van der Waals surface area (Å²) < 4.78 is 25.3. The summed E-state index contributed by atoms with van der Waals surface area (Å²) in [6.45, 7) is 13.6. The molecule has 1 N–H and O–H groups in total. The number of hydrogen-bond acceptors (Lipinski definition) is 6. The van der Waals surface area contributed by atoms with Crippen LogP contribution in [-0.4, -0.2) is 41.4 Å². The zero-order valence-corrected chi connectivity index (χ0v) is 25.3. The van der Waals surface area contributed by atoms with Crippen molar-refractivity contribution in [1.82, 2.24) is 4.98 Å². The van der Waals surface area contributed by atoms with Gasteiger partial charge in [-0.05, 0) is 81.3 Å². The van der Waals surface area contributed by atoms with Gasteiger partial charge in [-0.25, -0.2) is 14.2 Å². The second kappa shape index (κ2) is 12.5. The van der Waals surface area contributed by atoms with Gasteiger partial charge < -0.3 is 19.5 Å². The van der Waals surface area contributed by atoms with E-state index < -0.39 is 17.7 Å². The molecule has 222 valence electrons. The maximum atomic E-state index is 13.2. The van der Waals surface area contributed by atoms with Gasteiger partial charge in [-0.15, -0.1) is 0 Å². The van der Waals surface area contributed by atoms with E-state index in [1.165, 1.54) is 12.1 Å². The Bertz CT molecular complexity index is 1440. The molecule has 0 amide bonds. The van der Waals surface area contributed by atoms with E-state index in [1.807, 2.05) is 45.0 Å². The van der Waals surface area contributed by atoms with E-state index >= 15 is 0 Å². The monoisotopic (exact) mass is 573 g/mol. The highest BCUT2D eigenvalue weighted by Gasteiger charge is 2.37. The summed E-state index contributed by atoms with van der Waals surface area (Å²) in [7, 11) is 0. The molecule has 0 aliphatic carbocycles. The number of ether oxygens (including phenoxy) is 2. The fourth-order valence-corrected chi connectivity index (χ4v) is 5.28. The first-order valence-corrected chi connectivity index (χ1v) is 14.4. The van der Waals surface area contributed by atoms with Crippen molar-refractivity contribution < 1.29 is 23.8 Å². The van der Waals surface area contributed by atoms with Gasteiger partial charge in [0, 0.05) is 36.3 Å². The van der Waals surface area contributed by atoms with Crippen molar-refractivity contribution in [2.24, 2.45) is 5.41 Å². The lowest BCUT2D eigenvalue weighted by atomic mass is 9.81. The van der Waals surface area contributed by atoms with Crippen LogP contribution in [0.25, 0.3) is 11.1 Å². The van der Waals surface area contributed by atoms with Crippen LogP contribution in [0.3, 0.4) is 0 Å². The number of nitriles is 1. The van der Waals surface area contributed by atoms with Gasteiger partial charge in [0.25, 0.3) is 0 Å². The van der Waals surface area contributed by atoms with Crippen molar-refractivity contribution in [1.29, 1.82) is 5.26 Å². The Morgan fingerprint density at radius 1 is 1.12 bits per heavy atom. The van der Waals surface area contributed by atoms with Crippen molar-refractivity contribution in [2.45, 2.75) is 72.5 Å². The zero-order chi connectivity index (χ0) is 30.7. The van der Waals surface area contributed by atoms with Crippen LogP contribution in [0.2, 0.25) is 0 Å². The number of aryl methyl sites for hydroxylation is 1. The number of piperidine rings is 1. The van der Waals surface area contributed by atoms with Crippen molar-refractivity contribution in [3.63, 3.8) is 0 Å². The minimum atomic E-state index is -1.26. The van der Waals surface area contributed by atoms with Crippen LogP contribution in [0.5, 0.6) is 5.75 Å². The third-order valence-corrected chi connectivity index (χ3v) is 7.61. The van der Waals surface area contributed by atoms with E-state index in [-0.39, 0.29) is 16.9 Å². The summed E-state index contributed by atoms with van der Waals surface area (Å²) >= 11 is 0. The van der Waals surface area contributed by atoms with Crippen LogP contribution >= 0.6 is 0 Å². The van der Waals surface area contributed by atoms with Crippen molar-refractivity contribution >= 4 is 11.7 Å². The Hall–Kier alpha value is -3.96. The highest BCUT2D eigenvalue weighted by molar-refractivity contribution is 5.89. The highest BCUT2D eigenvalue weighted by Crippen LogP contribution is 2.45. The number of hydrogen-bond donors (Lipinski definition) is 1. The summed E-state index contributed by atoms with van der Waals surface area (Å²) in [6, 6.07) is 16.0. The predicted octanol–water partition coefficient (Wildman–Crippen LogP) is 7.26. The number of rotatable bonds is 9. The number of aliphatic carboxylic acids is 1. The van der Waals surface area contributed by atoms with E-state index in [0.29, 0.717) is 54.4 Å². The number of nitrogens with zero attached hydrogens (tertiary/aromatic N) is 3. The van der Waals surface area contributed by atoms with Gasteiger partial charge in [0.15, 0.2) is 11.8 Å². The SMILES string of the molecule is Cc1nc(C#N)c(-c2ccc(OCCc3ccc(F)cc3)cc2)c(N2CCC(C)(C)CC2)c1[C@H](OC(C)(C)C)C(=O)O. The van der Waals surface area contributed by atoms with Gasteiger partial charge in [-0.3, -0.25) is 0 Å². The van der Waals surface area contributed by atoms with Crippen molar-refractivity contribution in [2.75, 3.05) is 24.6 Å². The fraction of sp³-hybridized carbons (Fsp3) is 0.441. The van der Waals surface area contributed by atoms with E-state index in [1.54, 1.807) is 19.1 Å². The van der Waals surface area contributed by atoms with Gasteiger partial charge >= 0.3 is 5.97 Å². The number of benzene rings is 2. The zero-order valence-electron chi connectivity index (χ0n) is 25.3. The van der Waals surface area contributed by atoms with Gasteiger partial charge in [-0.2, -0.15) is 5.26 Å². The van der Waals surface area contributed by atoms with Gasteiger partial charge in [0.05, 0.1) is 17.9 Å². The largest absolute Gasteiger partial charge is 0.493 e. The molecule has 1 atom stereocenters. The Morgan fingerprint density at radius 2 is 1.74 bits per heavy atom. The van der Waals surface area contributed by atoms with Gasteiger partial charge in [-0.1, -0.05) is 38.1 Å². The Balaban J connectivity index is 1.76. The topological polar surface area (TPSA) is 95.7 Å². The van der Waals surface area contributed by atoms with Crippen molar-refractivity contribution in [3.8, 4) is 22.9 Å². The molecule has 0 spiro atoms. The van der Waals surface area contributed by atoms with Crippen molar-refractivity contribution in [3.05, 3.63) is 76.9 Å². The summed E-state index contributed by atoms with van der Waals surface area (Å²) in [4.78, 5) is 19.5. The molecular formula is C34H40FN3O4. The smallest absolute Gasteiger partial charge is 0.337 e. The fourth-order valence-electron chi connectivity index (χ4n) is 5.28. The van der Waals surface area contributed by atoms with Gasteiger partial charge in [0.1, 0.15) is 17.6 Å². The predicted molar refractivity (Wildman–Crippen MR) is 161 cm³/mol.